The van der Waals surface area contributed by atoms with E-state index in [-0.39, 0.29) is 23.9 Å². The fourth-order valence-corrected chi connectivity index (χ4v) is 6.64. The second-order valence-electron chi connectivity index (χ2n) is 11.9. The van der Waals surface area contributed by atoms with Gasteiger partial charge in [-0.1, -0.05) is 41.4 Å². The quantitative estimate of drug-likeness (QED) is 0.121. The molecule has 1 aromatic carbocycles. The number of pyridine rings is 3. The van der Waals surface area contributed by atoms with Crippen LogP contribution in [0.15, 0.2) is 54.9 Å². The average Bonchev–Trinajstić information content (AvgIpc) is 3.73. The SMILES string of the molecule is COc1nc(-c2ccnc(-c3cccc(Nc4nccc(CNC[C@@H]5CCC(=O)N5)c4OC)c3Cl)c2Cl)ccc1CNC[C@@H]1CCC(=O)N1. The van der Waals surface area contributed by atoms with Gasteiger partial charge in [-0.05, 0) is 37.1 Å². The largest absolute Gasteiger partial charge is 0.493 e. The summed E-state index contributed by atoms with van der Waals surface area (Å²) in [6, 6.07) is 13.4. The number of benzene rings is 1. The van der Waals surface area contributed by atoms with Gasteiger partial charge in [-0.3, -0.25) is 14.6 Å². The first-order valence-corrected chi connectivity index (χ1v) is 16.9. The summed E-state index contributed by atoms with van der Waals surface area (Å²) in [6.07, 6.45) is 6.15. The first-order chi connectivity index (χ1) is 23.8. The summed E-state index contributed by atoms with van der Waals surface area (Å²) in [4.78, 5) is 36.9. The highest BCUT2D eigenvalue weighted by molar-refractivity contribution is 6.39. The molecule has 0 radical (unpaired) electrons. The Kier molecular flexibility index (Phi) is 11.1. The molecule has 256 valence electrons. The van der Waals surface area contributed by atoms with E-state index in [9.17, 15) is 9.59 Å². The molecule has 2 aliphatic rings. The zero-order valence-corrected chi connectivity index (χ0v) is 28.8. The maximum absolute atomic E-state index is 11.5. The van der Waals surface area contributed by atoms with E-state index in [0.29, 0.717) is 94.7 Å². The number of ether oxygens (including phenoxy) is 2. The van der Waals surface area contributed by atoms with Crippen LogP contribution < -0.4 is 36.1 Å². The van der Waals surface area contributed by atoms with Crippen LogP contribution in [0.3, 0.4) is 0 Å². The molecule has 2 saturated heterocycles. The molecule has 2 atom stereocenters. The second-order valence-corrected chi connectivity index (χ2v) is 12.7. The number of nitrogens with zero attached hydrogens (tertiary/aromatic N) is 3. The lowest BCUT2D eigenvalue weighted by molar-refractivity contribution is -0.120. The molecule has 12 nitrogen and oxygen atoms in total. The molecular weight excluding hydrogens is 667 g/mol. The fourth-order valence-electron chi connectivity index (χ4n) is 6.07. The predicted octanol–water partition coefficient (Wildman–Crippen LogP) is 5.01. The molecule has 0 saturated carbocycles. The van der Waals surface area contributed by atoms with Crippen molar-refractivity contribution in [3.8, 4) is 34.1 Å². The lowest BCUT2D eigenvalue weighted by Crippen LogP contribution is -2.35. The standard InChI is InChI=1S/C35H38Cl2N8O4/c1-48-33-20(16-38-18-22-7-10-28(46)42-22)12-14-41-34(33)44-27-5-3-4-25(30(27)36)32-31(37)24(13-15-40-32)26-9-6-21(35(45-26)49-2)17-39-19-23-8-11-29(47)43-23/h3-6,9,12-15,22-23,38-39H,7-8,10-11,16-19H2,1-2H3,(H,41,44)(H,42,46)(H,43,47)/t22-,23-/m0/s1. The van der Waals surface area contributed by atoms with E-state index in [1.807, 2.05) is 36.4 Å². The number of hydrogen-bond acceptors (Lipinski definition) is 10. The van der Waals surface area contributed by atoms with E-state index < -0.39 is 0 Å². The van der Waals surface area contributed by atoms with Gasteiger partial charge in [-0.2, -0.15) is 0 Å². The molecule has 3 aromatic heterocycles. The normalized spacial score (nSPS) is 17.1. The highest BCUT2D eigenvalue weighted by Crippen LogP contribution is 2.41. The molecule has 5 heterocycles. The van der Waals surface area contributed by atoms with Crippen LogP contribution in [0.25, 0.3) is 22.5 Å². The van der Waals surface area contributed by atoms with Crippen LogP contribution in [0.1, 0.15) is 36.8 Å². The fraction of sp³-hybridized carbons (Fsp3) is 0.343. The zero-order chi connectivity index (χ0) is 34.3. The minimum Gasteiger partial charge on any atom is -0.493 e. The van der Waals surface area contributed by atoms with Gasteiger partial charge in [-0.15, -0.1) is 0 Å². The Morgan fingerprint density at radius 1 is 0.796 bits per heavy atom. The minimum absolute atomic E-state index is 0.0886. The summed E-state index contributed by atoms with van der Waals surface area (Å²) >= 11 is 14.0. The third kappa shape index (κ3) is 8.05. The second kappa shape index (κ2) is 15.8. The first kappa shape index (κ1) is 34.4. The third-order valence-electron chi connectivity index (χ3n) is 8.58. The summed E-state index contributed by atoms with van der Waals surface area (Å²) in [5.41, 5.74) is 4.80. The molecule has 0 spiro atoms. The van der Waals surface area contributed by atoms with Crippen LogP contribution in [0.5, 0.6) is 11.6 Å². The molecule has 6 rings (SSSR count). The number of halogens is 2. The van der Waals surface area contributed by atoms with Gasteiger partial charge >= 0.3 is 0 Å². The van der Waals surface area contributed by atoms with Crippen molar-refractivity contribution in [1.82, 2.24) is 36.2 Å². The van der Waals surface area contributed by atoms with Crippen molar-refractivity contribution >= 4 is 46.5 Å². The lowest BCUT2D eigenvalue weighted by Gasteiger charge is -2.17. The zero-order valence-electron chi connectivity index (χ0n) is 27.2. The monoisotopic (exact) mass is 704 g/mol. The van der Waals surface area contributed by atoms with Gasteiger partial charge in [-0.25, -0.2) is 9.97 Å². The number of methoxy groups -OCH3 is 2. The number of hydrogen-bond donors (Lipinski definition) is 5. The molecule has 0 aliphatic carbocycles. The maximum atomic E-state index is 11.5. The molecule has 2 amide bonds. The Morgan fingerprint density at radius 3 is 2.14 bits per heavy atom. The molecule has 0 unspecified atom stereocenters. The first-order valence-electron chi connectivity index (χ1n) is 16.1. The van der Waals surface area contributed by atoms with E-state index in [0.717, 1.165) is 24.0 Å². The summed E-state index contributed by atoms with van der Waals surface area (Å²) in [6.45, 7) is 2.39. The van der Waals surface area contributed by atoms with Crippen LogP contribution in [-0.2, 0) is 22.7 Å². The van der Waals surface area contributed by atoms with Crippen molar-refractivity contribution in [3.63, 3.8) is 0 Å². The third-order valence-corrected chi connectivity index (χ3v) is 9.37. The van der Waals surface area contributed by atoms with E-state index in [2.05, 4.69) is 36.6 Å². The Labute approximate surface area is 294 Å². The highest BCUT2D eigenvalue weighted by Gasteiger charge is 2.23. The Bertz CT molecular complexity index is 1840. The van der Waals surface area contributed by atoms with Gasteiger partial charge in [0.15, 0.2) is 11.6 Å². The van der Waals surface area contributed by atoms with E-state index in [4.69, 9.17) is 37.7 Å². The maximum Gasteiger partial charge on any atom is 0.220 e. The van der Waals surface area contributed by atoms with Gasteiger partial charge in [0.05, 0.1) is 41.3 Å². The van der Waals surface area contributed by atoms with Crippen LogP contribution >= 0.6 is 23.2 Å². The number of anilines is 2. The van der Waals surface area contributed by atoms with Crippen LogP contribution in [0.2, 0.25) is 10.0 Å². The smallest absolute Gasteiger partial charge is 0.220 e. The van der Waals surface area contributed by atoms with Crippen molar-refractivity contribution in [2.24, 2.45) is 0 Å². The van der Waals surface area contributed by atoms with Crippen LogP contribution in [0, 0.1) is 0 Å². The number of amides is 2. The van der Waals surface area contributed by atoms with Crippen molar-refractivity contribution in [3.05, 3.63) is 76.0 Å². The minimum atomic E-state index is 0.0886. The molecule has 2 aliphatic heterocycles. The van der Waals surface area contributed by atoms with Crippen LogP contribution in [0.4, 0.5) is 11.5 Å². The topological polar surface area (TPSA) is 151 Å². The molecule has 4 aromatic rings. The molecule has 2 fully saturated rings. The van der Waals surface area contributed by atoms with Gasteiger partial charge in [0.1, 0.15) is 0 Å². The van der Waals surface area contributed by atoms with Crippen LogP contribution in [-0.4, -0.2) is 66.2 Å². The Hall–Kier alpha value is -4.49. The van der Waals surface area contributed by atoms with E-state index in [1.165, 1.54) is 0 Å². The van der Waals surface area contributed by atoms with Gasteiger partial charge in [0.25, 0.3) is 0 Å². The predicted molar refractivity (Wildman–Crippen MR) is 189 cm³/mol. The average molecular weight is 706 g/mol. The van der Waals surface area contributed by atoms with Crippen molar-refractivity contribution in [1.29, 1.82) is 0 Å². The number of aromatic nitrogens is 3. The number of nitrogens with one attached hydrogen (secondary N) is 5. The van der Waals surface area contributed by atoms with Gasteiger partial charge < -0.3 is 36.1 Å². The molecule has 14 heteroatoms. The molecule has 5 N–H and O–H groups in total. The summed E-state index contributed by atoms with van der Waals surface area (Å²) in [7, 11) is 3.18. The van der Waals surface area contributed by atoms with E-state index >= 15 is 0 Å². The van der Waals surface area contributed by atoms with Gasteiger partial charge in [0.2, 0.25) is 17.7 Å². The number of rotatable bonds is 14. The van der Waals surface area contributed by atoms with Gasteiger partial charge in [0, 0.05) is 85.8 Å². The molecule has 0 bridgehead atoms. The van der Waals surface area contributed by atoms with Crippen molar-refractivity contribution < 1.29 is 19.1 Å². The Morgan fingerprint density at radius 2 is 1.49 bits per heavy atom. The highest BCUT2D eigenvalue weighted by atomic mass is 35.5. The lowest BCUT2D eigenvalue weighted by atomic mass is 10.1. The molecule has 49 heavy (non-hydrogen) atoms. The van der Waals surface area contributed by atoms with Crippen molar-refractivity contribution in [2.45, 2.75) is 50.9 Å². The summed E-state index contributed by atoms with van der Waals surface area (Å²) in [5, 5.41) is 16.8. The van der Waals surface area contributed by atoms with Crippen molar-refractivity contribution in [2.75, 3.05) is 32.6 Å². The summed E-state index contributed by atoms with van der Waals surface area (Å²) in [5.74, 6) is 1.73. The number of carbonyl (C=O) groups excluding carboxylic acids is 2. The Balaban J connectivity index is 1.19. The van der Waals surface area contributed by atoms with E-state index in [1.54, 1.807) is 32.7 Å². The summed E-state index contributed by atoms with van der Waals surface area (Å²) < 4.78 is 11.4. The molecular formula is C35H38Cl2N8O4. The number of carbonyl (C=O) groups is 2.